The van der Waals surface area contributed by atoms with Gasteiger partial charge in [-0.1, -0.05) is 0 Å². The number of hydrogen-bond donors (Lipinski definition) is 2. The third-order valence-electron chi connectivity index (χ3n) is 3.17. The Labute approximate surface area is 104 Å². The molecule has 0 aliphatic heterocycles. The minimum Gasteiger partial charge on any atom is -0.497 e. The number of nitrogens with two attached hydrogens (primary N) is 1. The van der Waals surface area contributed by atoms with Gasteiger partial charge < -0.3 is 15.0 Å². The maximum absolute atomic E-state index is 5.89. The molecule has 3 N–H and O–H groups in total. The zero-order valence-electron chi connectivity index (χ0n) is 10.3. The van der Waals surface area contributed by atoms with Crippen molar-refractivity contribution in [1.82, 2.24) is 14.8 Å². The largest absolute Gasteiger partial charge is 0.497 e. The fourth-order valence-electron chi connectivity index (χ4n) is 2.20. The Hall–Kier alpha value is -2.43. The number of anilines is 1. The first-order valence-corrected chi connectivity index (χ1v) is 5.63. The molecule has 0 aliphatic rings. The number of methoxy groups -OCH3 is 1. The first-order chi connectivity index (χ1) is 8.70. The van der Waals surface area contributed by atoms with Crippen LogP contribution in [0.15, 0.2) is 30.5 Å². The quantitative estimate of drug-likeness (QED) is 0.723. The molecule has 5 nitrogen and oxygen atoms in total. The molecule has 18 heavy (non-hydrogen) atoms. The van der Waals surface area contributed by atoms with Crippen molar-refractivity contribution in [3.63, 3.8) is 0 Å². The van der Waals surface area contributed by atoms with E-state index in [-0.39, 0.29) is 0 Å². The van der Waals surface area contributed by atoms with Crippen LogP contribution < -0.4 is 10.5 Å². The number of nitrogens with one attached hydrogen (secondary N) is 1. The van der Waals surface area contributed by atoms with Crippen molar-refractivity contribution in [3.05, 3.63) is 30.5 Å². The van der Waals surface area contributed by atoms with E-state index in [2.05, 4.69) is 20.8 Å². The molecule has 3 rings (SSSR count). The Kier molecular flexibility index (Phi) is 2.26. The molecule has 0 unspecified atom stereocenters. The molecule has 1 aromatic carbocycles. The fraction of sp³-hybridized carbons (Fsp3) is 0.154. The molecule has 0 saturated heterocycles. The van der Waals surface area contributed by atoms with E-state index in [4.69, 9.17) is 10.5 Å². The minimum atomic E-state index is 0.646. The molecule has 0 saturated carbocycles. The molecule has 0 amide bonds. The van der Waals surface area contributed by atoms with E-state index >= 15 is 0 Å². The van der Waals surface area contributed by atoms with E-state index in [1.54, 1.807) is 13.3 Å². The summed E-state index contributed by atoms with van der Waals surface area (Å²) in [7, 11) is 3.67. The lowest BCUT2D eigenvalue weighted by Crippen LogP contribution is -1.94. The average Bonchev–Trinajstić information content (AvgIpc) is 2.93. The Morgan fingerprint density at radius 3 is 2.83 bits per heavy atom. The number of ether oxygens (including phenoxy) is 1. The molecule has 3 aromatic rings. The number of hydrogen-bond acceptors (Lipinski definition) is 3. The number of H-pyrrole nitrogens is 1. The molecule has 92 valence electrons. The van der Waals surface area contributed by atoms with E-state index in [9.17, 15) is 0 Å². The number of nitrogen functional groups attached to an aromatic ring is 1. The average molecular weight is 242 g/mol. The molecular formula is C13H14N4O. The number of aromatic nitrogens is 3. The molecule has 0 fully saturated rings. The van der Waals surface area contributed by atoms with Crippen molar-refractivity contribution in [2.45, 2.75) is 0 Å². The Bertz CT molecular complexity index is 711. The molecule has 0 spiro atoms. The summed E-state index contributed by atoms with van der Waals surface area (Å²) < 4.78 is 7.31. The number of nitrogens with zero attached hydrogens (tertiary/aromatic N) is 2. The van der Waals surface area contributed by atoms with Crippen LogP contribution in [-0.2, 0) is 7.05 Å². The van der Waals surface area contributed by atoms with Crippen LogP contribution in [0.4, 0.5) is 5.69 Å². The van der Waals surface area contributed by atoms with Gasteiger partial charge in [0.15, 0.2) is 0 Å². The smallest absolute Gasteiger partial charge is 0.119 e. The fourth-order valence-corrected chi connectivity index (χ4v) is 2.20. The summed E-state index contributed by atoms with van der Waals surface area (Å²) in [5, 5.41) is 7.99. The highest BCUT2D eigenvalue weighted by Crippen LogP contribution is 2.30. The zero-order chi connectivity index (χ0) is 12.7. The summed E-state index contributed by atoms with van der Waals surface area (Å²) in [6.45, 7) is 0. The number of aromatic amines is 1. The normalized spacial score (nSPS) is 11.0. The monoisotopic (exact) mass is 242 g/mol. The zero-order valence-corrected chi connectivity index (χ0v) is 10.3. The van der Waals surface area contributed by atoms with Gasteiger partial charge in [0, 0.05) is 18.0 Å². The summed E-state index contributed by atoms with van der Waals surface area (Å²) in [6.07, 6.45) is 1.62. The second-order valence-electron chi connectivity index (χ2n) is 4.21. The van der Waals surface area contributed by atoms with Gasteiger partial charge in [-0.3, -0.25) is 5.10 Å². The van der Waals surface area contributed by atoms with Gasteiger partial charge in [0.2, 0.25) is 0 Å². The lowest BCUT2D eigenvalue weighted by molar-refractivity contribution is 0.415. The van der Waals surface area contributed by atoms with E-state index < -0.39 is 0 Å². The van der Waals surface area contributed by atoms with Crippen LogP contribution in [0.5, 0.6) is 5.75 Å². The first-order valence-electron chi connectivity index (χ1n) is 5.63. The Morgan fingerprint density at radius 1 is 1.33 bits per heavy atom. The van der Waals surface area contributed by atoms with Gasteiger partial charge in [-0.15, -0.1) is 0 Å². The number of benzene rings is 1. The molecule has 5 heteroatoms. The Morgan fingerprint density at radius 2 is 2.17 bits per heavy atom. The van der Waals surface area contributed by atoms with Crippen LogP contribution in [-0.4, -0.2) is 21.9 Å². The maximum atomic E-state index is 5.89. The van der Waals surface area contributed by atoms with Crippen molar-refractivity contribution in [2.24, 2.45) is 7.05 Å². The van der Waals surface area contributed by atoms with Crippen molar-refractivity contribution >= 4 is 16.6 Å². The minimum absolute atomic E-state index is 0.646. The molecule has 2 aromatic heterocycles. The first kappa shape index (κ1) is 10.7. The predicted octanol–water partition coefficient (Wildman–Crippen LogP) is 2.16. The topological polar surface area (TPSA) is 68.9 Å². The molecule has 0 bridgehead atoms. The number of rotatable bonds is 2. The highest BCUT2D eigenvalue weighted by atomic mass is 16.5. The maximum Gasteiger partial charge on any atom is 0.119 e. The summed E-state index contributed by atoms with van der Waals surface area (Å²) in [5.41, 5.74) is 9.51. The van der Waals surface area contributed by atoms with E-state index in [1.807, 2.05) is 25.2 Å². The van der Waals surface area contributed by atoms with E-state index in [1.165, 1.54) is 0 Å². The van der Waals surface area contributed by atoms with Gasteiger partial charge in [0.05, 0.1) is 24.7 Å². The SMILES string of the molecule is COc1ccc2c(c1)cc(-c1[nH]ncc1N)n2C. The summed E-state index contributed by atoms with van der Waals surface area (Å²) in [4.78, 5) is 0. The van der Waals surface area contributed by atoms with Gasteiger partial charge in [-0.05, 0) is 24.3 Å². The third kappa shape index (κ3) is 1.44. The van der Waals surface area contributed by atoms with Gasteiger partial charge in [0.25, 0.3) is 0 Å². The molecule has 0 radical (unpaired) electrons. The summed E-state index contributed by atoms with van der Waals surface area (Å²) in [5.74, 6) is 0.845. The third-order valence-corrected chi connectivity index (χ3v) is 3.17. The Balaban J connectivity index is 2.25. The van der Waals surface area contributed by atoms with E-state index in [0.29, 0.717) is 5.69 Å². The van der Waals surface area contributed by atoms with Crippen LogP contribution in [0.2, 0.25) is 0 Å². The van der Waals surface area contributed by atoms with Gasteiger partial charge >= 0.3 is 0 Å². The molecule has 2 heterocycles. The van der Waals surface area contributed by atoms with E-state index in [0.717, 1.165) is 28.0 Å². The van der Waals surface area contributed by atoms with Crippen LogP contribution in [0.25, 0.3) is 22.3 Å². The number of fused-ring (bicyclic) bond motifs is 1. The van der Waals surface area contributed by atoms with Gasteiger partial charge in [-0.25, -0.2) is 0 Å². The van der Waals surface area contributed by atoms with Crippen molar-refractivity contribution in [1.29, 1.82) is 0 Å². The molecular weight excluding hydrogens is 228 g/mol. The highest BCUT2D eigenvalue weighted by molar-refractivity contribution is 5.89. The number of aryl methyl sites for hydroxylation is 1. The lowest BCUT2D eigenvalue weighted by atomic mass is 10.2. The second-order valence-corrected chi connectivity index (χ2v) is 4.21. The lowest BCUT2D eigenvalue weighted by Gasteiger charge is -2.03. The highest BCUT2D eigenvalue weighted by Gasteiger charge is 2.12. The van der Waals surface area contributed by atoms with Crippen LogP contribution in [0.1, 0.15) is 0 Å². The molecule has 0 aliphatic carbocycles. The molecule has 0 atom stereocenters. The van der Waals surface area contributed by atoms with Crippen LogP contribution in [0, 0.1) is 0 Å². The van der Waals surface area contributed by atoms with Gasteiger partial charge in [-0.2, -0.15) is 5.10 Å². The van der Waals surface area contributed by atoms with Gasteiger partial charge in [0.1, 0.15) is 11.4 Å². The predicted molar refractivity (Wildman–Crippen MR) is 71.5 cm³/mol. The second kappa shape index (κ2) is 3.80. The summed E-state index contributed by atoms with van der Waals surface area (Å²) in [6, 6.07) is 8.06. The summed E-state index contributed by atoms with van der Waals surface area (Å²) >= 11 is 0. The van der Waals surface area contributed by atoms with Crippen molar-refractivity contribution < 1.29 is 4.74 Å². The van der Waals surface area contributed by atoms with Crippen LogP contribution >= 0.6 is 0 Å². The van der Waals surface area contributed by atoms with Crippen molar-refractivity contribution in [2.75, 3.05) is 12.8 Å². The standard InChI is InChI=1S/C13H14N4O/c1-17-11-4-3-9(18-2)5-8(11)6-12(17)13-10(14)7-15-16-13/h3-7H,14H2,1-2H3,(H,15,16). The van der Waals surface area contributed by atoms with Crippen molar-refractivity contribution in [3.8, 4) is 17.1 Å². The van der Waals surface area contributed by atoms with Crippen LogP contribution in [0.3, 0.4) is 0 Å².